The van der Waals surface area contributed by atoms with Crippen LogP contribution in [0.5, 0.6) is 0 Å². The van der Waals surface area contributed by atoms with E-state index in [4.69, 9.17) is 19.4 Å². The summed E-state index contributed by atoms with van der Waals surface area (Å²) in [6, 6.07) is 40.9. The Morgan fingerprint density at radius 1 is 0.474 bits per heavy atom. The van der Waals surface area contributed by atoms with E-state index in [2.05, 4.69) is 41.0 Å². The molecule has 0 aliphatic rings. The molecule has 3 heterocycles. The molecular formula is C33H20N4O. The van der Waals surface area contributed by atoms with Crippen molar-refractivity contribution in [2.45, 2.75) is 0 Å². The van der Waals surface area contributed by atoms with Crippen molar-refractivity contribution in [2.75, 3.05) is 0 Å². The van der Waals surface area contributed by atoms with Crippen LogP contribution in [-0.4, -0.2) is 19.5 Å². The summed E-state index contributed by atoms with van der Waals surface area (Å²) in [6.45, 7) is 0. The lowest BCUT2D eigenvalue weighted by Gasteiger charge is -2.10. The van der Waals surface area contributed by atoms with E-state index in [1.165, 1.54) is 0 Å². The largest absolute Gasteiger partial charge is 0.455 e. The monoisotopic (exact) mass is 488 g/mol. The average molecular weight is 489 g/mol. The maximum Gasteiger partial charge on any atom is 0.238 e. The van der Waals surface area contributed by atoms with Crippen LogP contribution in [0.25, 0.3) is 72.5 Å². The highest BCUT2D eigenvalue weighted by Gasteiger charge is 2.21. The van der Waals surface area contributed by atoms with Crippen LogP contribution in [-0.2, 0) is 0 Å². The Morgan fingerprint density at radius 2 is 1.08 bits per heavy atom. The average Bonchev–Trinajstić information content (AvgIpc) is 3.53. The summed E-state index contributed by atoms with van der Waals surface area (Å²) in [5.41, 5.74) is 5.63. The lowest BCUT2D eigenvalue weighted by Crippen LogP contribution is -2.06. The van der Waals surface area contributed by atoms with Crippen LogP contribution in [0, 0.1) is 0 Å². The number of para-hydroxylation sites is 2. The highest BCUT2D eigenvalue weighted by Crippen LogP contribution is 2.40. The normalized spacial score (nSPS) is 11.7. The molecule has 3 aromatic heterocycles. The molecule has 0 unspecified atom stereocenters. The second-order valence-electron chi connectivity index (χ2n) is 9.30. The van der Waals surface area contributed by atoms with E-state index >= 15 is 0 Å². The van der Waals surface area contributed by atoms with Gasteiger partial charge in [-0.25, -0.2) is 4.98 Å². The molecule has 8 rings (SSSR count). The van der Waals surface area contributed by atoms with Gasteiger partial charge in [0.25, 0.3) is 0 Å². The van der Waals surface area contributed by atoms with Crippen LogP contribution in [0.3, 0.4) is 0 Å². The van der Waals surface area contributed by atoms with Gasteiger partial charge in [-0.1, -0.05) is 97.1 Å². The number of rotatable bonds is 3. The van der Waals surface area contributed by atoms with Gasteiger partial charge in [-0.2, -0.15) is 9.97 Å². The molecule has 0 N–H and O–H groups in total. The Labute approximate surface area is 217 Å². The fourth-order valence-electron chi connectivity index (χ4n) is 5.35. The predicted octanol–water partition coefficient (Wildman–Crippen LogP) is 8.20. The Balaban J connectivity index is 1.49. The van der Waals surface area contributed by atoms with E-state index in [9.17, 15) is 0 Å². The molecule has 0 saturated carbocycles. The van der Waals surface area contributed by atoms with Gasteiger partial charge in [0.15, 0.2) is 11.6 Å². The van der Waals surface area contributed by atoms with Gasteiger partial charge in [-0.15, -0.1) is 0 Å². The summed E-state index contributed by atoms with van der Waals surface area (Å²) in [5, 5.41) is 4.35. The Morgan fingerprint density at radius 3 is 1.79 bits per heavy atom. The first-order chi connectivity index (χ1) is 18.8. The maximum atomic E-state index is 6.44. The summed E-state index contributed by atoms with van der Waals surface area (Å²) >= 11 is 0. The van der Waals surface area contributed by atoms with Crippen molar-refractivity contribution < 1.29 is 4.42 Å². The van der Waals surface area contributed by atoms with Crippen LogP contribution < -0.4 is 0 Å². The Kier molecular flexibility index (Phi) is 4.45. The van der Waals surface area contributed by atoms with Gasteiger partial charge in [0.1, 0.15) is 11.2 Å². The molecule has 0 radical (unpaired) electrons. The van der Waals surface area contributed by atoms with Gasteiger partial charge in [0, 0.05) is 27.3 Å². The highest BCUT2D eigenvalue weighted by molar-refractivity contribution is 6.23. The van der Waals surface area contributed by atoms with Gasteiger partial charge < -0.3 is 4.42 Å². The van der Waals surface area contributed by atoms with Crippen molar-refractivity contribution >= 4 is 43.7 Å². The summed E-state index contributed by atoms with van der Waals surface area (Å²) in [5.74, 6) is 1.83. The van der Waals surface area contributed by atoms with Crippen LogP contribution in [0.15, 0.2) is 126 Å². The number of furan rings is 1. The predicted molar refractivity (Wildman–Crippen MR) is 152 cm³/mol. The Hall–Kier alpha value is -5.29. The van der Waals surface area contributed by atoms with E-state index in [-0.39, 0.29) is 0 Å². The van der Waals surface area contributed by atoms with E-state index in [1.54, 1.807) is 0 Å². The van der Waals surface area contributed by atoms with Crippen LogP contribution in [0.1, 0.15) is 0 Å². The third-order valence-electron chi connectivity index (χ3n) is 7.07. The molecule has 5 heteroatoms. The van der Waals surface area contributed by atoms with E-state index in [0.717, 1.165) is 54.9 Å². The molecular weight excluding hydrogens is 468 g/mol. The van der Waals surface area contributed by atoms with E-state index in [0.29, 0.717) is 17.6 Å². The van der Waals surface area contributed by atoms with Crippen molar-refractivity contribution in [3.8, 4) is 28.7 Å². The number of hydrogen-bond acceptors (Lipinski definition) is 4. The third-order valence-corrected chi connectivity index (χ3v) is 7.07. The van der Waals surface area contributed by atoms with Gasteiger partial charge in [0.2, 0.25) is 5.95 Å². The number of benzene rings is 5. The van der Waals surface area contributed by atoms with Crippen molar-refractivity contribution in [2.24, 2.45) is 0 Å². The first-order valence-corrected chi connectivity index (χ1v) is 12.6. The second-order valence-corrected chi connectivity index (χ2v) is 9.30. The van der Waals surface area contributed by atoms with Crippen molar-refractivity contribution in [3.63, 3.8) is 0 Å². The maximum absolute atomic E-state index is 6.44. The van der Waals surface area contributed by atoms with E-state index in [1.807, 2.05) is 84.9 Å². The zero-order chi connectivity index (χ0) is 25.1. The molecule has 0 atom stereocenters. The van der Waals surface area contributed by atoms with Crippen molar-refractivity contribution in [3.05, 3.63) is 121 Å². The molecule has 5 nitrogen and oxygen atoms in total. The standard InChI is InChI=1S/C33H20N4O/c1-3-11-21(12-4-1)31-34-32(22-13-5-2-6-14-22)36-33(35-31)37-26-17-9-7-16-25(26)29-27(37)20-19-24-23-15-8-10-18-28(23)38-30(24)29/h1-20H. The zero-order valence-electron chi connectivity index (χ0n) is 20.2. The third kappa shape index (κ3) is 3.09. The Bertz CT molecular complexity index is 2070. The van der Waals surface area contributed by atoms with E-state index < -0.39 is 0 Å². The van der Waals surface area contributed by atoms with Gasteiger partial charge in [0.05, 0.1) is 16.4 Å². The summed E-state index contributed by atoms with van der Waals surface area (Å²) in [7, 11) is 0. The van der Waals surface area contributed by atoms with Crippen LogP contribution in [0.4, 0.5) is 0 Å². The number of aromatic nitrogens is 4. The zero-order valence-corrected chi connectivity index (χ0v) is 20.2. The SMILES string of the molecule is c1ccc(-c2nc(-c3ccccc3)nc(-n3c4ccccc4c4c5oc6ccccc6c5ccc43)n2)cc1. The molecule has 8 aromatic rings. The molecule has 0 amide bonds. The molecule has 0 spiro atoms. The van der Waals surface area contributed by atoms with Crippen molar-refractivity contribution in [1.29, 1.82) is 0 Å². The topological polar surface area (TPSA) is 56.7 Å². The minimum atomic E-state index is 0.569. The number of hydrogen-bond donors (Lipinski definition) is 0. The molecule has 0 fully saturated rings. The number of fused-ring (bicyclic) bond motifs is 7. The molecule has 178 valence electrons. The molecule has 0 bridgehead atoms. The molecule has 0 saturated heterocycles. The molecule has 0 aliphatic heterocycles. The smallest absolute Gasteiger partial charge is 0.238 e. The lowest BCUT2D eigenvalue weighted by atomic mass is 10.1. The van der Waals surface area contributed by atoms with Gasteiger partial charge in [-0.05, 0) is 24.3 Å². The molecule has 5 aromatic carbocycles. The fourth-order valence-corrected chi connectivity index (χ4v) is 5.35. The molecule has 38 heavy (non-hydrogen) atoms. The second kappa shape index (κ2) is 8.11. The quantitative estimate of drug-likeness (QED) is 0.251. The number of nitrogens with zero attached hydrogens (tertiary/aromatic N) is 4. The van der Waals surface area contributed by atoms with Gasteiger partial charge in [-0.3, -0.25) is 4.57 Å². The summed E-state index contributed by atoms with van der Waals surface area (Å²) < 4.78 is 8.57. The first kappa shape index (κ1) is 20.9. The van der Waals surface area contributed by atoms with Gasteiger partial charge >= 0.3 is 0 Å². The lowest BCUT2D eigenvalue weighted by molar-refractivity contribution is 0.673. The fraction of sp³-hybridized carbons (Fsp3) is 0. The van der Waals surface area contributed by atoms with Crippen molar-refractivity contribution in [1.82, 2.24) is 19.5 Å². The first-order valence-electron chi connectivity index (χ1n) is 12.6. The highest BCUT2D eigenvalue weighted by atomic mass is 16.3. The molecule has 0 aliphatic carbocycles. The summed E-state index contributed by atoms with van der Waals surface area (Å²) in [4.78, 5) is 14.9. The van der Waals surface area contributed by atoms with Crippen LogP contribution >= 0.6 is 0 Å². The minimum Gasteiger partial charge on any atom is -0.455 e. The van der Waals surface area contributed by atoms with Crippen LogP contribution in [0.2, 0.25) is 0 Å². The minimum absolute atomic E-state index is 0.569. The summed E-state index contributed by atoms with van der Waals surface area (Å²) in [6.07, 6.45) is 0.